The molecule has 0 radical (unpaired) electrons. The number of ether oxygens (including phenoxy) is 1. The van der Waals surface area contributed by atoms with Crippen LogP contribution in [0.1, 0.15) is 19.4 Å². The first-order valence-corrected chi connectivity index (χ1v) is 4.52. The van der Waals surface area contributed by atoms with Crippen LogP contribution >= 0.6 is 0 Å². The van der Waals surface area contributed by atoms with Crippen molar-refractivity contribution < 1.29 is 19.2 Å². The minimum Gasteiger partial charge on any atom is -0.493 e. The van der Waals surface area contributed by atoms with Gasteiger partial charge in [-0.15, -0.1) is 0 Å². The molecule has 0 saturated carbocycles. The van der Waals surface area contributed by atoms with Gasteiger partial charge in [0, 0.05) is 11.6 Å². The van der Waals surface area contributed by atoms with Crippen LogP contribution in [0.4, 0.5) is 10.1 Å². The zero-order valence-electron chi connectivity index (χ0n) is 9.15. The van der Waals surface area contributed by atoms with E-state index in [0.717, 1.165) is 12.1 Å². The van der Waals surface area contributed by atoms with Crippen LogP contribution in [0.15, 0.2) is 12.1 Å². The Balaban J connectivity index is 3.49. The summed E-state index contributed by atoms with van der Waals surface area (Å²) in [5, 5.41) is 20.3. The Kier molecular flexibility index (Phi) is 3.14. The number of halogens is 1. The van der Waals surface area contributed by atoms with Crippen LogP contribution in [0.25, 0.3) is 0 Å². The highest BCUT2D eigenvalue weighted by molar-refractivity contribution is 5.47. The maximum absolute atomic E-state index is 13.5. The van der Waals surface area contributed by atoms with Crippen molar-refractivity contribution in [3.05, 3.63) is 33.6 Å². The molecule has 0 amide bonds. The number of hydrogen-bond donors (Lipinski definition) is 1. The molecule has 0 unspecified atom stereocenters. The fraction of sp³-hybridized carbons (Fsp3) is 0.400. The smallest absolute Gasteiger partial charge is 0.273 e. The molecule has 1 N–H and O–H groups in total. The summed E-state index contributed by atoms with van der Waals surface area (Å²) in [6, 6.07) is 1.86. The van der Waals surface area contributed by atoms with E-state index >= 15 is 0 Å². The van der Waals surface area contributed by atoms with Crippen molar-refractivity contribution in [3.63, 3.8) is 0 Å². The highest BCUT2D eigenvalue weighted by Crippen LogP contribution is 2.35. The molecule has 0 aliphatic heterocycles. The van der Waals surface area contributed by atoms with Gasteiger partial charge in [0.05, 0.1) is 23.7 Å². The highest BCUT2D eigenvalue weighted by Gasteiger charge is 2.27. The Morgan fingerprint density at radius 2 is 2.06 bits per heavy atom. The Labute approximate surface area is 91.6 Å². The van der Waals surface area contributed by atoms with Crippen LogP contribution in [-0.2, 0) is 5.60 Å². The molecule has 0 atom stereocenters. The lowest BCUT2D eigenvalue weighted by Crippen LogP contribution is -2.17. The van der Waals surface area contributed by atoms with Crippen LogP contribution in [0, 0.1) is 15.9 Å². The monoisotopic (exact) mass is 229 g/mol. The second kappa shape index (κ2) is 4.05. The summed E-state index contributed by atoms with van der Waals surface area (Å²) in [5.74, 6) is -1.05. The minimum atomic E-state index is -1.42. The molecule has 1 aromatic carbocycles. The van der Waals surface area contributed by atoms with Gasteiger partial charge in [-0.2, -0.15) is 0 Å². The van der Waals surface area contributed by atoms with Gasteiger partial charge in [0.1, 0.15) is 0 Å². The van der Waals surface area contributed by atoms with Crippen LogP contribution < -0.4 is 4.74 Å². The molecule has 6 heteroatoms. The average Bonchev–Trinajstić information content (AvgIpc) is 2.14. The summed E-state index contributed by atoms with van der Waals surface area (Å²) < 4.78 is 18.2. The standard InChI is InChI=1S/C10H12FNO4/c1-10(2,13)7-4-6(12(14)15)5-8(11)9(7)16-3/h4-5,13H,1-3H3. The fourth-order valence-electron chi connectivity index (χ4n) is 1.35. The second-order valence-electron chi connectivity index (χ2n) is 3.82. The maximum Gasteiger partial charge on any atom is 0.273 e. The first kappa shape index (κ1) is 12.4. The van der Waals surface area contributed by atoms with Gasteiger partial charge in [-0.25, -0.2) is 4.39 Å². The van der Waals surface area contributed by atoms with Crippen molar-refractivity contribution in [2.75, 3.05) is 7.11 Å². The van der Waals surface area contributed by atoms with Gasteiger partial charge in [-0.3, -0.25) is 10.1 Å². The van der Waals surface area contributed by atoms with E-state index in [0.29, 0.717) is 0 Å². The number of nitrogens with zero attached hydrogens (tertiary/aromatic N) is 1. The first-order valence-electron chi connectivity index (χ1n) is 4.52. The third kappa shape index (κ3) is 2.27. The molecular weight excluding hydrogens is 217 g/mol. The van der Waals surface area contributed by atoms with E-state index in [2.05, 4.69) is 0 Å². The molecule has 0 fully saturated rings. The van der Waals surface area contributed by atoms with Crippen LogP contribution in [0.2, 0.25) is 0 Å². The van der Waals surface area contributed by atoms with Crippen LogP contribution in [-0.4, -0.2) is 17.1 Å². The third-order valence-electron chi connectivity index (χ3n) is 2.10. The van der Waals surface area contributed by atoms with Crippen molar-refractivity contribution in [3.8, 4) is 5.75 Å². The Morgan fingerprint density at radius 3 is 2.44 bits per heavy atom. The summed E-state index contributed by atoms with van der Waals surface area (Å²) in [6.07, 6.45) is 0. The molecule has 0 aromatic heterocycles. The number of methoxy groups -OCH3 is 1. The van der Waals surface area contributed by atoms with Gasteiger partial charge < -0.3 is 9.84 Å². The van der Waals surface area contributed by atoms with Crippen molar-refractivity contribution in [1.29, 1.82) is 0 Å². The Morgan fingerprint density at radius 1 is 1.50 bits per heavy atom. The summed E-state index contributed by atoms with van der Waals surface area (Å²) >= 11 is 0. The number of nitro benzene ring substituents is 1. The maximum atomic E-state index is 13.5. The lowest BCUT2D eigenvalue weighted by molar-refractivity contribution is -0.385. The molecule has 16 heavy (non-hydrogen) atoms. The number of benzene rings is 1. The number of nitro groups is 1. The molecule has 0 bridgehead atoms. The summed E-state index contributed by atoms with van der Waals surface area (Å²) in [5.41, 5.74) is -1.80. The van der Waals surface area contributed by atoms with E-state index in [1.165, 1.54) is 21.0 Å². The Bertz CT molecular complexity index is 426. The molecule has 1 aromatic rings. The molecule has 1 rings (SSSR count). The highest BCUT2D eigenvalue weighted by atomic mass is 19.1. The molecule has 0 aliphatic rings. The average molecular weight is 229 g/mol. The van der Waals surface area contributed by atoms with Crippen molar-refractivity contribution >= 4 is 5.69 Å². The van der Waals surface area contributed by atoms with Crippen molar-refractivity contribution in [2.45, 2.75) is 19.4 Å². The molecular formula is C10H12FNO4. The van der Waals surface area contributed by atoms with E-state index in [4.69, 9.17) is 4.74 Å². The number of rotatable bonds is 3. The molecule has 88 valence electrons. The van der Waals surface area contributed by atoms with Crippen LogP contribution in [0.3, 0.4) is 0 Å². The molecule has 5 nitrogen and oxygen atoms in total. The first-order chi connectivity index (χ1) is 7.27. The van der Waals surface area contributed by atoms with Gasteiger partial charge in [-0.1, -0.05) is 0 Å². The summed E-state index contributed by atoms with van der Waals surface area (Å²) in [6.45, 7) is 2.79. The topological polar surface area (TPSA) is 72.6 Å². The molecule has 0 saturated heterocycles. The van der Waals surface area contributed by atoms with Crippen LogP contribution in [0.5, 0.6) is 5.75 Å². The van der Waals surface area contributed by atoms with E-state index in [1.54, 1.807) is 0 Å². The Hall–Kier alpha value is -1.69. The quantitative estimate of drug-likeness (QED) is 0.635. The van der Waals surface area contributed by atoms with E-state index in [1.807, 2.05) is 0 Å². The van der Waals surface area contributed by atoms with E-state index in [-0.39, 0.29) is 11.3 Å². The largest absolute Gasteiger partial charge is 0.493 e. The predicted molar refractivity (Wildman–Crippen MR) is 54.9 cm³/mol. The summed E-state index contributed by atoms with van der Waals surface area (Å²) in [7, 11) is 1.24. The van der Waals surface area contributed by atoms with E-state index < -0.39 is 22.0 Å². The number of hydrogen-bond acceptors (Lipinski definition) is 4. The summed E-state index contributed by atoms with van der Waals surface area (Å²) in [4.78, 5) is 9.82. The fourth-order valence-corrected chi connectivity index (χ4v) is 1.35. The number of non-ortho nitro benzene ring substituents is 1. The molecule has 0 aliphatic carbocycles. The van der Waals surface area contributed by atoms with Gasteiger partial charge in [0.25, 0.3) is 5.69 Å². The number of aliphatic hydroxyl groups is 1. The normalized spacial score (nSPS) is 11.3. The minimum absolute atomic E-state index is 0.0432. The molecule has 0 spiro atoms. The lowest BCUT2D eigenvalue weighted by atomic mass is 9.96. The second-order valence-corrected chi connectivity index (χ2v) is 3.82. The lowest BCUT2D eigenvalue weighted by Gasteiger charge is -2.20. The van der Waals surface area contributed by atoms with Gasteiger partial charge >= 0.3 is 0 Å². The SMILES string of the molecule is COc1c(F)cc([N+](=O)[O-])cc1C(C)(C)O. The molecule has 0 heterocycles. The van der Waals surface area contributed by atoms with Crippen molar-refractivity contribution in [1.82, 2.24) is 0 Å². The zero-order chi connectivity index (χ0) is 12.5. The van der Waals surface area contributed by atoms with Gasteiger partial charge in [0.15, 0.2) is 11.6 Å². The van der Waals surface area contributed by atoms with Crippen molar-refractivity contribution in [2.24, 2.45) is 0 Å². The van der Waals surface area contributed by atoms with Gasteiger partial charge in [0.2, 0.25) is 0 Å². The third-order valence-corrected chi connectivity index (χ3v) is 2.10. The predicted octanol–water partition coefficient (Wildman–Crippen LogP) is 1.97. The van der Waals surface area contributed by atoms with Gasteiger partial charge in [-0.05, 0) is 13.8 Å². The zero-order valence-corrected chi connectivity index (χ0v) is 9.15. The van der Waals surface area contributed by atoms with E-state index in [9.17, 15) is 19.6 Å².